The van der Waals surface area contributed by atoms with Crippen LogP contribution in [0.4, 0.5) is 0 Å². The molecule has 1 unspecified atom stereocenters. The molecule has 0 fully saturated rings. The minimum absolute atomic E-state index is 0.158. The van der Waals surface area contributed by atoms with E-state index in [1.165, 1.54) is 57.0 Å². The molecule has 1 aliphatic rings. The first-order valence-electron chi connectivity index (χ1n) is 11.0. The lowest BCUT2D eigenvalue weighted by Gasteiger charge is -2.24. The topological polar surface area (TPSA) is 12.0 Å². The van der Waals surface area contributed by atoms with Crippen molar-refractivity contribution in [3.63, 3.8) is 0 Å². The molecule has 148 valence electrons. The fourth-order valence-corrected chi connectivity index (χ4v) is 4.72. The minimum Gasteiger partial charge on any atom is -0.306 e. The molecule has 0 radical (unpaired) electrons. The van der Waals surface area contributed by atoms with Crippen LogP contribution in [0.1, 0.15) is 48.1 Å². The summed E-state index contributed by atoms with van der Waals surface area (Å²) in [4.78, 5) is 0. The van der Waals surface area contributed by atoms with E-state index >= 15 is 0 Å². The fraction of sp³-hybridized carbons (Fsp3) is 0.172. The van der Waals surface area contributed by atoms with Crippen LogP contribution in [0.5, 0.6) is 0 Å². The second-order valence-electron chi connectivity index (χ2n) is 8.02. The van der Waals surface area contributed by atoms with Crippen molar-refractivity contribution < 1.29 is 0 Å². The van der Waals surface area contributed by atoms with Crippen LogP contribution in [0.25, 0.3) is 21.9 Å². The van der Waals surface area contributed by atoms with Gasteiger partial charge in [-0.1, -0.05) is 110 Å². The van der Waals surface area contributed by atoms with Crippen molar-refractivity contribution in [1.82, 2.24) is 5.32 Å². The molecule has 1 nitrogen and oxygen atoms in total. The van der Waals surface area contributed by atoms with Crippen molar-refractivity contribution in [2.75, 3.05) is 6.54 Å². The highest BCUT2D eigenvalue weighted by Gasteiger charge is 2.30. The maximum atomic E-state index is 3.90. The van der Waals surface area contributed by atoms with Gasteiger partial charge >= 0.3 is 0 Å². The summed E-state index contributed by atoms with van der Waals surface area (Å²) in [5, 5.41) is 6.59. The van der Waals surface area contributed by atoms with E-state index in [0.717, 1.165) is 6.54 Å². The van der Waals surface area contributed by atoms with Crippen LogP contribution in [0.15, 0.2) is 97.1 Å². The molecule has 4 aromatic carbocycles. The summed E-state index contributed by atoms with van der Waals surface area (Å²) >= 11 is 0. The Hall–Kier alpha value is -3.16. The van der Waals surface area contributed by atoms with Gasteiger partial charge in [0.1, 0.15) is 0 Å². The lowest BCUT2D eigenvalue weighted by molar-refractivity contribution is 0.601. The van der Waals surface area contributed by atoms with E-state index in [2.05, 4.69) is 109 Å². The second kappa shape index (κ2) is 8.30. The van der Waals surface area contributed by atoms with Crippen molar-refractivity contribution >= 4 is 21.9 Å². The fourth-order valence-electron chi connectivity index (χ4n) is 4.72. The molecule has 0 saturated carbocycles. The van der Waals surface area contributed by atoms with E-state index in [-0.39, 0.29) is 6.04 Å². The lowest BCUT2D eigenvalue weighted by atomic mass is 9.89. The van der Waals surface area contributed by atoms with E-state index in [4.69, 9.17) is 0 Å². The van der Waals surface area contributed by atoms with Crippen molar-refractivity contribution in [3.05, 3.63) is 119 Å². The van der Waals surface area contributed by atoms with Gasteiger partial charge in [0.2, 0.25) is 0 Å². The van der Waals surface area contributed by atoms with Crippen LogP contribution >= 0.6 is 0 Å². The molecule has 0 aliphatic heterocycles. The van der Waals surface area contributed by atoms with Gasteiger partial charge in [-0.05, 0) is 57.1 Å². The third-order valence-corrected chi connectivity index (χ3v) is 6.10. The molecule has 0 bridgehead atoms. The Labute approximate surface area is 179 Å². The van der Waals surface area contributed by atoms with Crippen LogP contribution < -0.4 is 5.32 Å². The third-order valence-electron chi connectivity index (χ3n) is 6.10. The number of benzene rings is 4. The number of unbranched alkanes of at least 4 members (excludes halogenated alkanes) is 1. The highest BCUT2D eigenvalue weighted by molar-refractivity contribution is 6.18. The molecule has 0 saturated heterocycles. The van der Waals surface area contributed by atoms with Crippen LogP contribution in [0.2, 0.25) is 0 Å². The molecular weight excluding hydrogens is 362 g/mol. The van der Waals surface area contributed by atoms with Gasteiger partial charge in [-0.25, -0.2) is 0 Å². The summed E-state index contributed by atoms with van der Waals surface area (Å²) in [5.74, 6) is 0. The van der Waals surface area contributed by atoms with E-state index in [9.17, 15) is 0 Å². The van der Waals surface area contributed by atoms with Gasteiger partial charge in [-0.2, -0.15) is 0 Å². The Morgan fingerprint density at radius 2 is 1.37 bits per heavy atom. The van der Waals surface area contributed by atoms with Crippen molar-refractivity contribution in [1.29, 1.82) is 0 Å². The van der Waals surface area contributed by atoms with Crippen LogP contribution in [-0.4, -0.2) is 6.54 Å². The first-order valence-corrected chi connectivity index (χ1v) is 11.0. The molecule has 1 atom stereocenters. The molecule has 5 rings (SSSR count). The Morgan fingerprint density at radius 1 is 0.700 bits per heavy atom. The van der Waals surface area contributed by atoms with Gasteiger partial charge in [-0.15, -0.1) is 0 Å². The SMILES string of the molecule is CCCCNC(C1=C(c2ccccc2)c2cccc3cccc1c23)c1ccccc1. The zero-order valence-electron chi connectivity index (χ0n) is 17.4. The summed E-state index contributed by atoms with van der Waals surface area (Å²) in [6.45, 7) is 3.26. The second-order valence-corrected chi connectivity index (χ2v) is 8.02. The van der Waals surface area contributed by atoms with Gasteiger partial charge in [0.25, 0.3) is 0 Å². The first-order chi connectivity index (χ1) is 14.9. The lowest BCUT2D eigenvalue weighted by Crippen LogP contribution is -2.24. The highest BCUT2D eigenvalue weighted by atomic mass is 14.9. The average Bonchev–Trinajstić information content (AvgIpc) is 3.14. The summed E-state index contributed by atoms with van der Waals surface area (Å²) in [6.07, 6.45) is 2.36. The van der Waals surface area contributed by atoms with Crippen LogP contribution in [-0.2, 0) is 0 Å². The van der Waals surface area contributed by atoms with Gasteiger partial charge in [0.15, 0.2) is 0 Å². The standard InChI is InChI=1S/C29H27N/c1-2-3-20-30-29(23-14-8-5-9-15-23)28-25-19-11-17-21-16-10-18-24(26(21)25)27(28)22-12-6-4-7-13-22/h4-19,29-30H,2-3,20H2,1H3. The van der Waals surface area contributed by atoms with Gasteiger partial charge in [0.05, 0.1) is 6.04 Å². The Balaban J connectivity index is 1.77. The van der Waals surface area contributed by atoms with E-state index < -0.39 is 0 Å². The molecule has 1 heteroatoms. The largest absolute Gasteiger partial charge is 0.306 e. The molecule has 1 N–H and O–H groups in total. The maximum absolute atomic E-state index is 3.90. The van der Waals surface area contributed by atoms with E-state index in [1.807, 2.05) is 0 Å². The predicted octanol–water partition coefficient (Wildman–Crippen LogP) is 7.24. The number of rotatable bonds is 7. The Kier molecular flexibility index (Phi) is 5.21. The number of nitrogens with one attached hydrogen (secondary N) is 1. The first kappa shape index (κ1) is 18.8. The number of hydrogen-bond donors (Lipinski definition) is 1. The molecule has 4 aromatic rings. The monoisotopic (exact) mass is 389 g/mol. The van der Waals surface area contributed by atoms with E-state index in [1.54, 1.807) is 0 Å². The normalized spacial score (nSPS) is 13.8. The molecule has 0 amide bonds. The van der Waals surface area contributed by atoms with Crippen molar-refractivity contribution in [2.24, 2.45) is 0 Å². The van der Waals surface area contributed by atoms with E-state index in [0.29, 0.717) is 0 Å². The molecular formula is C29H27N. The van der Waals surface area contributed by atoms with Gasteiger partial charge < -0.3 is 5.32 Å². The predicted molar refractivity (Wildman–Crippen MR) is 128 cm³/mol. The average molecular weight is 390 g/mol. The molecule has 0 aromatic heterocycles. The van der Waals surface area contributed by atoms with Crippen molar-refractivity contribution in [2.45, 2.75) is 25.8 Å². The highest BCUT2D eigenvalue weighted by Crippen LogP contribution is 2.49. The van der Waals surface area contributed by atoms with Crippen LogP contribution in [0, 0.1) is 0 Å². The smallest absolute Gasteiger partial charge is 0.0589 e. The number of hydrogen-bond acceptors (Lipinski definition) is 1. The Morgan fingerprint density at radius 3 is 2.07 bits per heavy atom. The quantitative estimate of drug-likeness (QED) is 0.328. The summed E-state index contributed by atoms with van der Waals surface area (Å²) < 4.78 is 0. The summed E-state index contributed by atoms with van der Waals surface area (Å²) in [6, 6.07) is 35.4. The molecule has 0 heterocycles. The summed E-state index contributed by atoms with van der Waals surface area (Å²) in [7, 11) is 0. The Bertz CT molecular complexity index is 1180. The van der Waals surface area contributed by atoms with Gasteiger partial charge in [0, 0.05) is 0 Å². The third kappa shape index (κ3) is 3.26. The zero-order valence-corrected chi connectivity index (χ0v) is 17.4. The summed E-state index contributed by atoms with van der Waals surface area (Å²) in [5.41, 5.74) is 8.08. The molecule has 0 spiro atoms. The zero-order chi connectivity index (χ0) is 20.3. The van der Waals surface area contributed by atoms with Crippen LogP contribution in [0.3, 0.4) is 0 Å². The minimum atomic E-state index is 0.158. The molecule has 1 aliphatic carbocycles. The molecule has 30 heavy (non-hydrogen) atoms. The van der Waals surface area contributed by atoms with Crippen molar-refractivity contribution in [3.8, 4) is 0 Å². The van der Waals surface area contributed by atoms with Gasteiger partial charge in [-0.3, -0.25) is 0 Å². The maximum Gasteiger partial charge on any atom is 0.0589 e.